The molecule has 180 valence electrons. The summed E-state index contributed by atoms with van der Waals surface area (Å²) in [5.74, 6) is 0.424. The number of nitrogens with zero attached hydrogens (tertiary/aromatic N) is 4. The molecule has 2 heterocycles. The number of aromatic nitrogens is 3. The van der Waals surface area contributed by atoms with Gasteiger partial charge in [-0.15, -0.1) is 0 Å². The topological polar surface area (TPSA) is 60.4 Å². The van der Waals surface area contributed by atoms with E-state index in [1.54, 1.807) is 0 Å². The average molecular weight is 518 g/mol. The predicted octanol–water partition coefficient (Wildman–Crippen LogP) is 4.35. The van der Waals surface area contributed by atoms with Crippen LogP contribution in [0.3, 0.4) is 0 Å². The summed E-state index contributed by atoms with van der Waals surface area (Å²) in [6, 6.07) is 21.2. The zero-order valence-electron chi connectivity index (χ0n) is 20.0. The van der Waals surface area contributed by atoms with E-state index in [0.717, 1.165) is 0 Å². The Morgan fingerprint density at radius 2 is 1.44 bits per heavy atom. The summed E-state index contributed by atoms with van der Waals surface area (Å²) in [5, 5.41) is 2.41. The van der Waals surface area contributed by atoms with E-state index in [1.165, 1.54) is 10.4 Å². The molecule has 0 spiro atoms. The molecule has 1 atom stereocenters. The minimum absolute atomic E-state index is 0.0646. The largest absolute Gasteiger partial charge is 0.398 e. The van der Waals surface area contributed by atoms with Crippen molar-refractivity contribution in [2.24, 2.45) is 0 Å². The highest BCUT2D eigenvalue weighted by atomic mass is 35.5. The van der Waals surface area contributed by atoms with Crippen molar-refractivity contribution in [2.75, 3.05) is 31.2 Å². The Kier molecular flexibility index (Phi) is 7.31. The van der Waals surface area contributed by atoms with E-state index >= 15 is 0 Å². The van der Waals surface area contributed by atoms with Gasteiger partial charge in [-0.05, 0) is 45.5 Å². The first-order valence-electron chi connectivity index (χ1n) is 11.3. The Bertz CT molecular complexity index is 1060. The van der Waals surface area contributed by atoms with Crippen LogP contribution in [0.1, 0.15) is 27.7 Å². The lowest BCUT2D eigenvalue weighted by Crippen LogP contribution is -2.70. The van der Waals surface area contributed by atoms with E-state index in [2.05, 4.69) is 91.2 Å². The summed E-state index contributed by atoms with van der Waals surface area (Å²) in [5.41, 5.74) is -0.646. The first-order valence-corrected chi connectivity index (χ1v) is 14.0. The zero-order chi connectivity index (χ0) is 24.4. The molecule has 1 aliphatic rings. The molecule has 0 bridgehead atoms. The number of hydrogen-bond donors (Lipinski definition) is 0. The molecule has 0 amide bonds. The smallest absolute Gasteiger partial charge is 0.262 e. The third-order valence-electron chi connectivity index (χ3n) is 6.11. The lowest BCUT2D eigenvalue weighted by Gasteiger charge is -2.48. The van der Waals surface area contributed by atoms with Crippen molar-refractivity contribution < 1.29 is 9.16 Å². The Balaban J connectivity index is 1.81. The quantitative estimate of drug-likeness (QED) is 0.469. The molecule has 6 nitrogen and oxygen atoms in total. The van der Waals surface area contributed by atoms with Crippen LogP contribution in [-0.2, 0) is 9.16 Å². The summed E-state index contributed by atoms with van der Waals surface area (Å²) in [4.78, 5) is 14.5. The molecule has 0 N–H and O–H groups in total. The van der Waals surface area contributed by atoms with Gasteiger partial charge in [-0.25, -0.2) is 0 Å². The molecule has 3 aromatic rings. The molecule has 1 saturated heterocycles. The molecule has 0 saturated carbocycles. The van der Waals surface area contributed by atoms with Crippen molar-refractivity contribution in [3.05, 3.63) is 71.2 Å². The molecular weight excluding hydrogens is 487 g/mol. The first-order chi connectivity index (χ1) is 16.1. The zero-order valence-corrected chi connectivity index (χ0v) is 22.5. The molecule has 34 heavy (non-hydrogen) atoms. The second kappa shape index (κ2) is 9.91. The third kappa shape index (κ3) is 5.14. The predicted molar refractivity (Wildman–Crippen MR) is 140 cm³/mol. The van der Waals surface area contributed by atoms with Crippen LogP contribution in [0.25, 0.3) is 0 Å². The molecule has 0 unspecified atom stereocenters. The molecule has 2 aromatic carbocycles. The summed E-state index contributed by atoms with van der Waals surface area (Å²) >= 11 is 12.2. The van der Waals surface area contributed by atoms with Crippen LogP contribution in [0.5, 0.6) is 0 Å². The van der Waals surface area contributed by atoms with Crippen LogP contribution in [-0.4, -0.2) is 55.2 Å². The van der Waals surface area contributed by atoms with E-state index in [-0.39, 0.29) is 15.6 Å². The molecular formula is C25H30Cl2N4O2Si. The molecule has 0 aliphatic carbocycles. The highest BCUT2D eigenvalue weighted by molar-refractivity contribution is 6.99. The number of ether oxygens (including phenoxy) is 1. The maximum Gasteiger partial charge on any atom is 0.262 e. The van der Waals surface area contributed by atoms with Crippen molar-refractivity contribution in [1.29, 1.82) is 0 Å². The molecule has 0 radical (unpaired) electrons. The summed E-state index contributed by atoms with van der Waals surface area (Å²) in [6.45, 7) is 11.0. The van der Waals surface area contributed by atoms with E-state index in [4.69, 9.17) is 32.4 Å². The second-order valence-corrected chi connectivity index (χ2v) is 14.8. The highest BCUT2D eigenvalue weighted by Gasteiger charge is 2.54. The van der Waals surface area contributed by atoms with Crippen molar-refractivity contribution in [3.63, 3.8) is 0 Å². The fourth-order valence-electron chi connectivity index (χ4n) is 4.70. The highest BCUT2D eigenvalue weighted by Crippen LogP contribution is 2.40. The second-order valence-electron chi connectivity index (χ2n) is 9.86. The monoisotopic (exact) mass is 516 g/mol. The lowest BCUT2D eigenvalue weighted by molar-refractivity contribution is -0.000393. The van der Waals surface area contributed by atoms with Crippen LogP contribution in [0.4, 0.5) is 5.95 Å². The van der Waals surface area contributed by atoms with Crippen LogP contribution in [0.15, 0.2) is 60.7 Å². The van der Waals surface area contributed by atoms with Crippen molar-refractivity contribution >= 4 is 47.8 Å². The Morgan fingerprint density at radius 1 is 0.912 bits per heavy atom. The molecule has 1 aromatic heterocycles. The van der Waals surface area contributed by atoms with Gasteiger partial charge >= 0.3 is 0 Å². The first kappa shape index (κ1) is 25.1. The molecule has 9 heteroatoms. The van der Waals surface area contributed by atoms with Gasteiger partial charge in [0.15, 0.2) is 0 Å². The molecule has 4 rings (SSSR count). The Labute approximate surface area is 212 Å². The van der Waals surface area contributed by atoms with Gasteiger partial charge in [-0.3, -0.25) is 0 Å². The van der Waals surface area contributed by atoms with Crippen molar-refractivity contribution in [2.45, 2.75) is 38.3 Å². The van der Waals surface area contributed by atoms with Crippen LogP contribution >= 0.6 is 23.2 Å². The van der Waals surface area contributed by atoms with Crippen LogP contribution in [0, 0.1) is 0 Å². The fourth-order valence-corrected chi connectivity index (χ4v) is 9.85. The maximum atomic E-state index is 7.43. The third-order valence-corrected chi connectivity index (χ3v) is 11.6. The Morgan fingerprint density at radius 3 is 1.94 bits per heavy atom. The van der Waals surface area contributed by atoms with Gasteiger partial charge in [0.05, 0.1) is 25.4 Å². The number of benzene rings is 2. The SMILES string of the molecule is CC(C)(C)[Si](O[C@]1(C)COCCN(c2nc(Cl)nc(Cl)n2)C1)(c1ccccc1)c1ccccc1. The molecule has 1 aliphatic heterocycles. The lowest BCUT2D eigenvalue weighted by atomic mass is 10.1. The van der Waals surface area contributed by atoms with Crippen molar-refractivity contribution in [3.8, 4) is 0 Å². The maximum absolute atomic E-state index is 7.43. The summed E-state index contributed by atoms with van der Waals surface area (Å²) < 4.78 is 13.5. The summed E-state index contributed by atoms with van der Waals surface area (Å²) in [7, 11) is -2.80. The number of rotatable bonds is 5. The number of anilines is 1. The standard InChI is InChI=1S/C25H30Cl2N4O2Si/c1-24(2,3)34(19-11-7-5-8-12-19,20-13-9-6-10-14-20)33-25(4)17-31(15-16-32-18-25)23-29-21(26)28-22(27)30-23/h5-14H,15-18H2,1-4H3/t25-/m0/s1. The van der Waals surface area contributed by atoms with E-state index in [9.17, 15) is 0 Å². The normalized spacial score (nSPS) is 19.6. The van der Waals surface area contributed by atoms with E-state index in [0.29, 0.717) is 32.3 Å². The number of hydrogen-bond acceptors (Lipinski definition) is 6. The minimum Gasteiger partial charge on any atom is -0.398 e. The van der Waals surface area contributed by atoms with Gasteiger partial charge in [-0.1, -0.05) is 81.4 Å². The fraction of sp³-hybridized carbons (Fsp3) is 0.400. The van der Waals surface area contributed by atoms with Crippen LogP contribution < -0.4 is 15.3 Å². The van der Waals surface area contributed by atoms with Gasteiger partial charge in [0.25, 0.3) is 8.32 Å². The van der Waals surface area contributed by atoms with Gasteiger partial charge in [-0.2, -0.15) is 15.0 Å². The minimum atomic E-state index is -2.80. The van der Waals surface area contributed by atoms with Gasteiger partial charge in [0.1, 0.15) is 0 Å². The summed E-state index contributed by atoms with van der Waals surface area (Å²) in [6.07, 6.45) is 0. The van der Waals surface area contributed by atoms with Gasteiger partial charge in [0.2, 0.25) is 16.5 Å². The van der Waals surface area contributed by atoms with Crippen molar-refractivity contribution in [1.82, 2.24) is 15.0 Å². The average Bonchev–Trinajstić information content (AvgIpc) is 2.99. The van der Waals surface area contributed by atoms with E-state index < -0.39 is 13.9 Å². The van der Waals surface area contributed by atoms with Gasteiger partial charge < -0.3 is 14.1 Å². The van der Waals surface area contributed by atoms with Crippen LogP contribution in [0.2, 0.25) is 15.6 Å². The number of halogens is 2. The molecule has 1 fully saturated rings. The van der Waals surface area contributed by atoms with E-state index in [1.807, 2.05) is 17.0 Å². The van der Waals surface area contributed by atoms with Gasteiger partial charge in [0, 0.05) is 6.54 Å². The Hall–Kier alpha value is -2.03.